The summed E-state index contributed by atoms with van der Waals surface area (Å²) in [6, 6.07) is 10.1. The summed E-state index contributed by atoms with van der Waals surface area (Å²) in [4.78, 5) is 38.3. The number of hydrogen-bond donors (Lipinski definition) is 1. The van der Waals surface area contributed by atoms with Crippen LogP contribution in [0.5, 0.6) is 0 Å². The highest BCUT2D eigenvalue weighted by atomic mass is 16.8. The molecule has 9 nitrogen and oxygen atoms in total. The second-order valence-electron chi connectivity index (χ2n) is 10.6. The van der Waals surface area contributed by atoms with Crippen LogP contribution < -0.4 is 10.4 Å². The highest BCUT2D eigenvalue weighted by Crippen LogP contribution is 2.26. The van der Waals surface area contributed by atoms with E-state index < -0.39 is 5.60 Å². The SMILES string of the molecule is Cc1cc(/C=C/C(=O)NOC2CCCCO2)ccc1-c1ccc(N2CCN(C(=O)OC(C)(C)C)CC2)nc1. The van der Waals surface area contributed by atoms with Gasteiger partial charge in [0.05, 0.1) is 0 Å². The van der Waals surface area contributed by atoms with Crippen LogP contribution >= 0.6 is 0 Å². The van der Waals surface area contributed by atoms with Crippen LogP contribution in [0.3, 0.4) is 0 Å². The Balaban J connectivity index is 1.30. The number of anilines is 1. The number of amides is 2. The molecular formula is C29H38N4O5. The van der Waals surface area contributed by atoms with Gasteiger partial charge in [0.15, 0.2) is 6.29 Å². The van der Waals surface area contributed by atoms with Gasteiger partial charge in [-0.15, -0.1) is 0 Å². The Morgan fingerprint density at radius 2 is 1.89 bits per heavy atom. The van der Waals surface area contributed by atoms with Gasteiger partial charge >= 0.3 is 6.09 Å². The van der Waals surface area contributed by atoms with E-state index >= 15 is 0 Å². The third-order valence-electron chi connectivity index (χ3n) is 6.42. The maximum Gasteiger partial charge on any atom is 0.410 e. The van der Waals surface area contributed by atoms with Crippen LogP contribution in [-0.2, 0) is 19.1 Å². The lowest BCUT2D eigenvalue weighted by molar-refractivity contribution is -0.198. The average Bonchev–Trinajstić information content (AvgIpc) is 2.91. The van der Waals surface area contributed by atoms with Crippen molar-refractivity contribution in [2.45, 2.75) is 58.8 Å². The summed E-state index contributed by atoms with van der Waals surface area (Å²) in [7, 11) is 0. The monoisotopic (exact) mass is 522 g/mol. The molecule has 2 amide bonds. The molecule has 2 aliphatic heterocycles. The van der Waals surface area contributed by atoms with Gasteiger partial charge in [-0.3, -0.25) is 4.79 Å². The van der Waals surface area contributed by atoms with Crippen LogP contribution in [0.25, 0.3) is 17.2 Å². The van der Waals surface area contributed by atoms with E-state index in [1.165, 1.54) is 6.08 Å². The molecule has 4 rings (SSSR count). The summed E-state index contributed by atoms with van der Waals surface area (Å²) in [5, 5.41) is 0. The van der Waals surface area contributed by atoms with Gasteiger partial charge in [0.1, 0.15) is 11.4 Å². The van der Waals surface area contributed by atoms with Crippen LogP contribution in [0.4, 0.5) is 10.6 Å². The molecule has 0 radical (unpaired) electrons. The summed E-state index contributed by atoms with van der Waals surface area (Å²) in [5.41, 5.74) is 6.05. The first-order chi connectivity index (χ1) is 18.2. The van der Waals surface area contributed by atoms with E-state index in [2.05, 4.69) is 16.4 Å². The van der Waals surface area contributed by atoms with E-state index in [9.17, 15) is 9.59 Å². The van der Waals surface area contributed by atoms with E-state index in [0.717, 1.165) is 47.3 Å². The summed E-state index contributed by atoms with van der Waals surface area (Å²) in [5.74, 6) is 0.564. The fourth-order valence-corrected chi connectivity index (χ4v) is 4.43. The van der Waals surface area contributed by atoms with Crippen LogP contribution in [-0.4, -0.2) is 66.6 Å². The van der Waals surface area contributed by atoms with E-state index in [1.54, 1.807) is 11.0 Å². The molecule has 1 aromatic heterocycles. The third kappa shape index (κ3) is 7.79. The van der Waals surface area contributed by atoms with Gasteiger partial charge in [-0.1, -0.05) is 18.2 Å². The molecule has 1 atom stereocenters. The number of rotatable bonds is 6. The standard InChI is InChI=1S/C29H38N4O5/c1-21-19-22(9-13-26(34)31-38-27-7-5-6-18-36-27)8-11-24(21)23-10-12-25(30-20-23)32-14-16-33(17-15-32)28(35)37-29(2,3)4/h8-13,19-20,27H,5-7,14-18H2,1-4H3,(H,31,34)/b13-9+. The van der Waals surface area contributed by atoms with E-state index in [-0.39, 0.29) is 18.3 Å². The Bertz CT molecular complexity index is 1130. The predicted molar refractivity (Wildman–Crippen MR) is 146 cm³/mol. The number of carbonyl (C=O) groups excluding carboxylic acids is 2. The Hall–Kier alpha value is -3.43. The molecule has 1 unspecified atom stereocenters. The Kier molecular flexibility index (Phi) is 9.01. The van der Waals surface area contributed by atoms with Gasteiger partial charge in [-0.25, -0.2) is 20.1 Å². The van der Waals surface area contributed by atoms with Crippen LogP contribution in [0.2, 0.25) is 0 Å². The Morgan fingerprint density at radius 3 is 2.53 bits per heavy atom. The van der Waals surface area contributed by atoms with Gasteiger partial charge in [0, 0.05) is 57.0 Å². The molecule has 2 fully saturated rings. The van der Waals surface area contributed by atoms with Crippen molar-refractivity contribution in [1.29, 1.82) is 0 Å². The number of nitrogens with zero attached hydrogens (tertiary/aromatic N) is 3. The zero-order valence-corrected chi connectivity index (χ0v) is 22.7. The summed E-state index contributed by atoms with van der Waals surface area (Å²) in [6.45, 7) is 10.9. The molecule has 204 valence electrons. The summed E-state index contributed by atoms with van der Waals surface area (Å²) >= 11 is 0. The Labute approximate surface area is 224 Å². The number of benzene rings is 1. The molecule has 0 bridgehead atoms. The number of aromatic nitrogens is 1. The van der Waals surface area contributed by atoms with Crippen molar-refractivity contribution in [3.05, 3.63) is 53.7 Å². The first-order valence-electron chi connectivity index (χ1n) is 13.2. The minimum atomic E-state index is -0.494. The lowest BCUT2D eigenvalue weighted by atomic mass is 9.99. The second kappa shape index (κ2) is 12.4. The van der Waals surface area contributed by atoms with Crippen molar-refractivity contribution < 1.29 is 23.9 Å². The molecule has 1 aromatic carbocycles. The van der Waals surface area contributed by atoms with Gasteiger partial charge in [0.2, 0.25) is 0 Å². The molecule has 0 aliphatic carbocycles. The normalized spacial score (nSPS) is 18.5. The maximum absolute atomic E-state index is 12.3. The predicted octanol–water partition coefficient (Wildman–Crippen LogP) is 4.70. The quantitative estimate of drug-likeness (QED) is 0.434. The number of hydrogen-bond acceptors (Lipinski definition) is 7. The topological polar surface area (TPSA) is 93.2 Å². The minimum Gasteiger partial charge on any atom is -0.444 e. The first-order valence-corrected chi connectivity index (χ1v) is 13.2. The van der Waals surface area contributed by atoms with Gasteiger partial charge in [-0.2, -0.15) is 0 Å². The summed E-state index contributed by atoms with van der Waals surface area (Å²) < 4.78 is 10.9. The molecule has 0 spiro atoms. The van der Waals surface area contributed by atoms with Gasteiger partial charge < -0.3 is 19.3 Å². The minimum absolute atomic E-state index is 0.266. The molecule has 9 heteroatoms. The number of piperazine rings is 1. The largest absolute Gasteiger partial charge is 0.444 e. The van der Waals surface area contributed by atoms with Crippen LogP contribution in [0.15, 0.2) is 42.6 Å². The number of carbonyl (C=O) groups is 2. The zero-order valence-electron chi connectivity index (χ0n) is 22.7. The number of ether oxygens (including phenoxy) is 2. The van der Waals surface area contributed by atoms with Crippen molar-refractivity contribution in [2.24, 2.45) is 0 Å². The molecule has 2 aliphatic rings. The number of hydroxylamine groups is 1. The molecule has 3 heterocycles. The van der Waals surface area contributed by atoms with E-state index in [4.69, 9.17) is 19.3 Å². The van der Waals surface area contributed by atoms with Crippen molar-refractivity contribution in [1.82, 2.24) is 15.4 Å². The van der Waals surface area contributed by atoms with E-state index in [1.807, 2.05) is 58.2 Å². The molecule has 2 aromatic rings. The summed E-state index contributed by atoms with van der Waals surface area (Å²) in [6.07, 6.45) is 7.30. The highest BCUT2D eigenvalue weighted by Gasteiger charge is 2.26. The highest BCUT2D eigenvalue weighted by molar-refractivity contribution is 5.91. The van der Waals surface area contributed by atoms with Gasteiger partial charge in [-0.05, 0) is 75.4 Å². The number of aryl methyl sites for hydroxylation is 1. The number of nitrogens with one attached hydrogen (secondary N) is 1. The Morgan fingerprint density at radius 1 is 1.11 bits per heavy atom. The molecule has 0 saturated carbocycles. The zero-order chi connectivity index (χ0) is 27.1. The average molecular weight is 523 g/mol. The molecule has 2 saturated heterocycles. The van der Waals surface area contributed by atoms with Crippen molar-refractivity contribution >= 4 is 23.9 Å². The first kappa shape index (κ1) is 27.6. The smallest absolute Gasteiger partial charge is 0.410 e. The van der Waals surface area contributed by atoms with Crippen LogP contribution in [0.1, 0.15) is 51.2 Å². The van der Waals surface area contributed by atoms with Crippen molar-refractivity contribution in [2.75, 3.05) is 37.7 Å². The second-order valence-corrected chi connectivity index (χ2v) is 10.6. The van der Waals surface area contributed by atoms with Crippen LogP contribution in [0, 0.1) is 6.92 Å². The van der Waals surface area contributed by atoms with Gasteiger partial charge in [0.25, 0.3) is 5.91 Å². The lowest BCUT2D eigenvalue weighted by Crippen LogP contribution is -2.50. The van der Waals surface area contributed by atoms with Crippen molar-refractivity contribution in [3.63, 3.8) is 0 Å². The maximum atomic E-state index is 12.3. The fraction of sp³-hybridized carbons (Fsp3) is 0.483. The van der Waals surface area contributed by atoms with Crippen molar-refractivity contribution in [3.8, 4) is 11.1 Å². The third-order valence-corrected chi connectivity index (χ3v) is 6.42. The van der Waals surface area contributed by atoms with E-state index in [0.29, 0.717) is 32.8 Å². The lowest BCUT2D eigenvalue weighted by Gasteiger charge is -2.36. The molecule has 38 heavy (non-hydrogen) atoms. The molecule has 1 N–H and O–H groups in total. The number of pyridine rings is 1. The molecular weight excluding hydrogens is 484 g/mol. The fourth-order valence-electron chi connectivity index (χ4n) is 4.43.